The number of thioether (sulfide) groups is 1. The summed E-state index contributed by atoms with van der Waals surface area (Å²) in [5.74, 6) is -0.808. The summed E-state index contributed by atoms with van der Waals surface area (Å²) in [5.41, 5.74) is 0.496. The van der Waals surface area contributed by atoms with Gasteiger partial charge in [-0.25, -0.2) is 4.79 Å². The van der Waals surface area contributed by atoms with Gasteiger partial charge in [0, 0.05) is 10.5 Å². The first-order chi connectivity index (χ1) is 7.74. The molecule has 0 saturated heterocycles. The Morgan fingerprint density at radius 3 is 2.62 bits per heavy atom. The van der Waals surface area contributed by atoms with Crippen LogP contribution in [-0.4, -0.2) is 11.1 Å². The Morgan fingerprint density at radius 1 is 1.38 bits per heavy atom. The van der Waals surface area contributed by atoms with Crippen LogP contribution in [-0.2, 0) is 4.79 Å². The van der Waals surface area contributed by atoms with E-state index in [1.165, 1.54) is 11.8 Å². The molecule has 0 heterocycles. The minimum Gasteiger partial charge on any atom is -0.478 e. The van der Waals surface area contributed by atoms with Gasteiger partial charge < -0.3 is 5.11 Å². The van der Waals surface area contributed by atoms with E-state index in [1.807, 2.05) is 30.3 Å². The Kier molecular flexibility index (Phi) is 5.72. The van der Waals surface area contributed by atoms with Crippen LogP contribution in [0.2, 0.25) is 0 Å². The van der Waals surface area contributed by atoms with Gasteiger partial charge in [-0.2, -0.15) is 0 Å². The van der Waals surface area contributed by atoms with E-state index in [0.717, 1.165) is 17.7 Å². The molecule has 0 unspecified atom stereocenters. The summed E-state index contributed by atoms with van der Waals surface area (Å²) in [6, 6.07) is 9.79. The van der Waals surface area contributed by atoms with E-state index in [0.29, 0.717) is 12.0 Å². The standard InChI is InChI=1S/C13H16O2S/c1-2-3-7-11(13(14)15)10-16-12-8-5-4-6-9-12/h4-6,8-10H,2-3,7H2,1H3,(H,14,15)/b11-10-. The van der Waals surface area contributed by atoms with Gasteiger partial charge >= 0.3 is 5.97 Å². The minimum atomic E-state index is -0.808. The molecule has 0 radical (unpaired) electrons. The van der Waals surface area contributed by atoms with Crippen LogP contribution in [0.3, 0.4) is 0 Å². The predicted molar refractivity (Wildman–Crippen MR) is 67.5 cm³/mol. The van der Waals surface area contributed by atoms with Crippen molar-refractivity contribution in [1.82, 2.24) is 0 Å². The van der Waals surface area contributed by atoms with Crippen LogP contribution in [0.1, 0.15) is 26.2 Å². The molecule has 2 nitrogen and oxygen atoms in total. The highest BCUT2D eigenvalue weighted by Crippen LogP contribution is 2.22. The SMILES string of the molecule is CCCC/C(=C/Sc1ccccc1)C(=O)O. The normalized spacial score (nSPS) is 11.4. The molecule has 0 aliphatic carbocycles. The number of aliphatic carboxylic acids is 1. The molecular weight excluding hydrogens is 220 g/mol. The molecular formula is C13H16O2S. The molecule has 16 heavy (non-hydrogen) atoms. The summed E-state index contributed by atoms with van der Waals surface area (Å²) in [5, 5.41) is 10.7. The summed E-state index contributed by atoms with van der Waals surface area (Å²) >= 11 is 1.46. The molecule has 1 rings (SSSR count). The smallest absolute Gasteiger partial charge is 0.332 e. The number of benzene rings is 1. The molecule has 0 aliphatic rings. The number of rotatable bonds is 6. The first kappa shape index (κ1) is 12.8. The van der Waals surface area contributed by atoms with Crippen LogP contribution >= 0.6 is 11.8 Å². The third kappa shape index (κ3) is 4.53. The van der Waals surface area contributed by atoms with Crippen LogP contribution in [0.15, 0.2) is 46.2 Å². The topological polar surface area (TPSA) is 37.3 Å². The third-order valence-electron chi connectivity index (χ3n) is 2.15. The highest BCUT2D eigenvalue weighted by molar-refractivity contribution is 8.02. The molecule has 0 fully saturated rings. The van der Waals surface area contributed by atoms with Crippen LogP contribution in [0.5, 0.6) is 0 Å². The fraction of sp³-hybridized carbons (Fsp3) is 0.308. The molecule has 3 heteroatoms. The van der Waals surface area contributed by atoms with Crippen molar-refractivity contribution in [2.24, 2.45) is 0 Å². The lowest BCUT2D eigenvalue weighted by Crippen LogP contribution is -1.99. The molecule has 1 N–H and O–H groups in total. The lowest BCUT2D eigenvalue weighted by Gasteiger charge is -2.01. The minimum absolute atomic E-state index is 0.496. The number of hydrogen-bond acceptors (Lipinski definition) is 2. The summed E-state index contributed by atoms with van der Waals surface area (Å²) in [7, 11) is 0. The Balaban J connectivity index is 2.61. The average molecular weight is 236 g/mol. The largest absolute Gasteiger partial charge is 0.478 e. The van der Waals surface area contributed by atoms with Gasteiger partial charge in [-0.15, -0.1) is 0 Å². The van der Waals surface area contributed by atoms with Gasteiger partial charge in [0.2, 0.25) is 0 Å². The Morgan fingerprint density at radius 2 is 2.06 bits per heavy atom. The second-order valence-electron chi connectivity index (χ2n) is 3.48. The Hall–Kier alpha value is -1.22. The molecule has 0 aliphatic heterocycles. The number of carboxylic acid groups (broad SMARTS) is 1. The van der Waals surface area contributed by atoms with E-state index >= 15 is 0 Å². The zero-order chi connectivity index (χ0) is 11.8. The van der Waals surface area contributed by atoms with Gasteiger partial charge in [0.1, 0.15) is 0 Å². The van der Waals surface area contributed by atoms with Gasteiger partial charge in [0.25, 0.3) is 0 Å². The van der Waals surface area contributed by atoms with Gasteiger partial charge in [0.15, 0.2) is 0 Å². The van der Waals surface area contributed by atoms with Crippen LogP contribution in [0.4, 0.5) is 0 Å². The van der Waals surface area contributed by atoms with E-state index in [4.69, 9.17) is 5.11 Å². The van der Waals surface area contributed by atoms with Crippen molar-refractivity contribution in [1.29, 1.82) is 0 Å². The van der Waals surface area contributed by atoms with Crippen LogP contribution in [0.25, 0.3) is 0 Å². The van der Waals surface area contributed by atoms with Crippen molar-refractivity contribution in [3.63, 3.8) is 0 Å². The zero-order valence-electron chi connectivity index (χ0n) is 9.35. The molecule has 0 atom stereocenters. The molecule has 86 valence electrons. The Bertz CT molecular complexity index is 357. The van der Waals surface area contributed by atoms with E-state index in [9.17, 15) is 4.79 Å². The lowest BCUT2D eigenvalue weighted by atomic mass is 10.1. The van der Waals surface area contributed by atoms with Gasteiger partial charge in [-0.3, -0.25) is 0 Å². The molecule has 0 saturated carbocycles. The second-order valence-corrected chi connectivity index (χ2v) is 4.43. The first-order valence-electron chi connectivity index (χ1n) is 5.38. The van der Waals surface area contributed by atoms with Crippen molar-refractivity contribution < 1.29 is 9.90 Å². The first-order valence-corrected chi connectivity index (χ1v) is 6.26. The van der Waals surface area contributed by atoms with Crippen molar-refractivity contribution in [3.8, 4) is 0 Å². The quantitative estimate of drug-likeness (QED) is 0.600. The summed E-state index contributed by atoms with van der Waals surface area (Å²) in [4.78, 5) is 12.0. The van der Waals surface area contributed by atoms with Crippen LogP contribution in [0, 0.1) is 0 Å². The fourth-order valence-corrected chi connectivity index (χ4v) is 2.03. The van der Waals surface area contributed by atoms with E-state index in [2.05, 4.69) is 6.92 Å². The maximum Gasteiger partial charge on any atom is 0.332 e. The van der Waals surface area contributed by atoms with Crippen molar-refractivity contribution in [3.05, 3.63) is 41.3 Å². The predicted octanol–water partition coefficient (Wildman–Crippen LogP) is 3.94. The van der Waals surface area contributed by atoms with E-state index in [-0.39, 0.29) is 0 Å². The van der Waals surface area contributed by atoms with Crippen molar-refractivity contribution in [2.45, 2.75) is 31.1 Å². The van der Waals surface area contributed by atoms with Gasteiger partial charge in [-0.1, -0.05) is 43.3 Å². The highest BCUT2D eigenvalue weighted by atomic mass is 32.2. The number of carbonyl (C=O) groups is 1. The average Bonchev–Trinajstić information content (AvgIpc) is 2.30. The van der Waals surface area contributed by atoms with Crippen molar-refractivity contribution >= 4 is 17.7 Å². The molecule has 0 aromatic heterocycles. The number of hydrogen-bond donors (Lipinski definition) is 1. The summed E-state index contributed by atoms with van der Waals surface area (Å²) in [6.45, 7) is 2.06. The number of unbranched alkanes of at least 4 members (excludes halogenated alkanes) is 1. The van der Waals surface area contributed by atoms with Gasteiger partial charge in [0.05, 0.1) is 0 Å². The Labute approximate surface area is 100 Å². The molecule has 0 amide bonds. The maximum atomic E-state index is 10.9. The fourth-order valence-electron chi connectivity index (χ4n) is 1.22. The lowest BCUT2D eigenvalue weighted by molar-refractivity contribution is -0.132. The van der Waals surface area contributed by atoms with E-state index < -0.39 is 5.97 Å². The highest BCUT2D eigenvalue weighted by Gasteiger charge is 2.06. The van der Waals surface area contributed by atoms with Crippen molar-refractivity contribution in [2.75, 3.05) is 0 Å². The number of carboxylic acids is 1. The molecule has 1 aromatic carbocycles. The third-order valence-corrected chi connectivity index (χ3v) is 3.10. The monoisotopic (exact) mass is 236 g/mol. The molecule has 0 spiro atoms. The summed E-state index contributed by atoms with van der Waals surface area (Å²) in [6.07, 6.45) is 2.58. The molecule has 0 bridgehead atoms. The van der Waals surface area contributed by atoms with Gasteiger partial charge in [-0.05, 0) is 30.4 Å². The summed E-state index contributed by atoms with van der Waals surface area (Å²) < 4.78 is 0. The maximum absolute atomic E-state index is 10.9. The zero-order valence-corrected chi connectivity index (χ0v) is 10.2. The molecule has 1 aromatic rings. The second kappa shape index (κ2) is 7.12. The van der Waals surface area contributed by atoms with Crippen LogP contribution < -0.4 is 0 Å². The van der Waals surface area contributed by atoms with E-state index in [1.54, 1.807) is 5.41 Å².